The summed E-state index contributed by atoms with van der Waals surface area (Å²) in [5.74, 6) is -5.07. The zero-order chi connectivity index (χ0) is 29.0. The van der Waals surface area contributed by atoms with E-state index in [-0.39, 0.29) is 31.7 Å². The van der Waals surface area contributed by atoms with Gasteiger partial charge in [-0.05, 0) is 38.6 Å². The summed E-state index contributed by atoms with van der Waals surface area (Å²) in [5.41, 5.74) is 5.08. The van der Waals surface area contributed by atoms with Gasteiger partial charge >= 0.3 is 11.9 Å². The van der Waals surface area contributed by atoms with Gasteiger partial charge in [0.25, 0.3) is 0 Å². The zero-order valence-corrected chi connectivity index (χ0v) is 22.4. The minimum atomic E-state index is -1.38. The standard InChI is InChI=1S/C24H41N5O9/c1-13(2)10-15(26-3)22(34)28-16(11-21(32)33)23(35)29-9-5-6-18(38-4)17(29)12-20(31)27-14(24(36)37)7-8-19(25)30/h13-18,26H,5-12H2,1-4H3,(H2,25,30)(H,27,31)(H,28,34)(H,32,33)(H,36,37)/t14-,15+,16-,17-,18-/m0/s1. The summed E-state index contributed by atoms with van der Waals surface area (Å²) in [6.07, 6.45) is -0.531. The number of primary amides is 1. The predicted molar refractivity (Wildman–Crippen MR) is 135 cm³/mol. The summed E-state index contributed by atoms with van der Waals surface area (Å²) in [6, 6.07) is -4.22. The molecule has 14 heteroatoms. The molecular formula is C24H41N5O9. The molecule has 14 nitrogen and oxygen atoms in total. The van der Waals surface area contributed by atoms with Crippen LogP contribution in [0.1, 0.15) is 58.8 Å². The Kier molecular flexibility index (Phi) is 13.7. The van der Waals surface area contributed by atoms with Crippen molar-refractivity contribution in [1.82, 2.24) is 20.9 Å². The molecule has 1 heterocycles. The van der Waals surface area contributed by atoms with E-state index in [1.807, 2.05) is 13.8 Å². The second kappa shape index (κ2) is 15.9. The molecule has 0 aromatic carbocycles. The van der Waals surface area contributed by atoms with Crippen molar-refractivity contribution in [3.05, 3.63) is 0 Å². The number of hydrogen-bond donors (Lipinski definition) is 6. The van der Waals surface area contributed by atoms with Gasteiger partial charge in [0.05, 0.1) is 24.6 Å². The van der Waals surface area contributed by atoms with Crippen LogP contribution in [0.15, 0.2) is 0 Å². The number of nitrogens with zero attached hydrogens (tertiary/aromatic N) is 1. The minimum Gasteiger partial charge on any atom is -0.481 e. The number of likely N-dealkylation sites (tertiary alicyclic amines) is 1. The van der Waals surface area contributed by atoms with Gasteiger partial charge in [-0.25, -0.2) is 4.79 Å². The molecule has 0 aliphatic carbocycles. The first kappa shape index (κ1) is 32.8. The van der Waals surface area contributed by atoms with Crippen molar-refractivity contribution in [2.75, 3.05) is 20.7 Å². The largest absolute Gasteiger partial charge is 0.481 e. The molecule has 0 saturated carbocycles. The molecular weight excluding hydrogens is 502 g/mol. The number of carbonyl (C=O) groups is 6. The van der Waals surface area contributed by atoms with Crippen LogP contribution in [0.5, 0.6) is 0 Å². The van der Waals surface area contributed by atoms with Crippen molar-refractivity contribution in [2.24, 2.45) is 11.7 Å². The van der Waals surface area contributed by atoms with E-state index in [0.29, 0.717) is 19.3 Å². The van der Waals surface area contributed by atoms with E-state index in [2.05, 4.69) is 16.0 Å². The van der Waals surface area contributed by atoms with Gasteiger partial charge in [-0.2, -0.15) is 0 Å². The van der Waals surface area contributed by atoms with Gasteiger partial charge in [0.2, 0.25) is 23.6 Å². The Hall–Kier alpha value is -3.26. The van der Waals surface area contributed by atoms with E-state index in [0.717, 1.165) is 0 Å². The van der Waals surface area contributed by atoms with Crippen LogP contribution in [0.25, 0.3) is 0 Å². The van der Waals surface area contributed by atoms with E-state index < -0.39 is 72.3 Å². The highest BCUT2D eigenvalue weighted by molar-refractivity contribution is 5.93. The third-order valence-corrected chi connectivity index (χ3v) is 6.38. The third kappa shape index (κ3) is 10.6. The Morgan fingerprint density at radius 2 is 1.71 bits per heavy atom. The normalized spacial score (nSPS) is 19.8. The highest BCUT2D eigenvalue weighted by atomic mass is 16.5. The zero-order valence-electron chi connectivity index (χ0n) is 22.4. The van der Waals surface area contributed by atoms with Crippen molar-refractivity contribution in [3.8, 4) is 0 Å². The van der Waals surface area contributed by atoms with Crippen molar-refractivity contribution >= 4 is 35.6 Å². The number of carbonyl (C=O) groups excluding carboxylic acids is 4. The molecule has 5 atom stereocenters. The Morgan fingerprint density at radius 3 is 2.21 bits per heavy atom. The van der Waals surface area contributed by atoms with E-state index >= 15 is 0 Å². The molecule has 216 valence electrons. The number of rotatable bonds is 16. The topological polar surface area (TPSA) is 217 Å². The fraction of sp³-hybridized carbons (Fsp3) is 0.750. The average Bonchev–Trinajstić information content (AvgIpc) is 2.83. The number of nitrogens with one attached hydrogen (secondary N) is 3. The number of methoxy groups -OCH3 is 1. The van der Waals surface area contributed by atoms with Crippen LogP contribution in [-0.2, 0) is 33.5 Å². The van der Waals surface area contributed by atoms with Crippen LogP contribution in [0.4, 0.5) is 0 Å². The fourth-order valence-electron chi connectivity index (χ4n) is 4.47. The lowest BCUT2D eigenvalue weighted by Gasteiger charge is -2.42. The number of nitrogens with two attached hydrogens (primary N) is 1. The Morgan fingerprint density at radius 1 is 1.05 bits per heavy atom. The second-order valence-electron chi connectivity index (χ2n) is 9.81. The molecule has 0 spiro atoms. The van der Waals surface area contributed by atoms with Crippen LogP contribution < -0.4 is 21.7 Å². The molecule has 1 aliphatic rings. The number of piperidine rings is 1. The Balaban J connectivity index is 3.13. The molecule has 38 heavy (non-hydrogen) atoms. The molecule has 4 amide bonds. The number of aliphatic carboxylic acids is 2. The number of likely N-dealkylation sites (N-methyl/N-ethyl adjacent to an activating group) is 1. The lowest BCUT2D eigenvalue weighted by atomic mass is 9.94. The van der Waals surface area contributed by atoms with Gasteiger partial charge in [-0.1, -0.05) is 13.8 Å². The monoisotopic (exact) mass is 543 g/mol. The summed E-state index contributed by atoms with van der Waals surface area (Å²) >= 11 is 0. The molecule has 0 bridgehead atoms. The molecule has 1 saturated heterocycles. The van der Waals surface area contributed by atoms with Crippen molar-refractivity contribution in [2.45, 2.75) is 89.1 Å². The maximum absolute atomic E-state index is 13.6. The van der Waals surface area contributed by atoms with Gasteiger partial charge in [0, 0.05) is 26.5 Å². The molecule has 0 aromatic rings. The van der Waals surface area contributed by atoms with Gasteiger partial charge in [-0.15, -0.1) is 0 Å². The Bertz CT molecular complexity index is 866. The summed E-state index contributed by atoms with van der Waals surface area (Å²) in [6.45, 7) is 4.04. The first-order valence-electron chi connectivity index (χ1n) is 12.6. The smallest absolute Gasteiger partial charge is 0.326 e. The van der Waals surface area contributed by atoms with Crippen LogP contribution in [-0.4, -0.2) is 102 Å². The number of carboxylic acids is 2. The maximum atomic E-state index is 13.6. The lowest BCUT2D eigenvalue weighted by molar-refractivity contribution is -0.150. The van der Waals surface area contributed by atoms with Gasteiger partial charge in [0.1, 0.15) is 12.1 Å². The van der Waals surface area contributed by atoms with Gasteiger partial charge in [-0.3, -0.25) is 24.0 Å². The van der Waals surface area contributed by atoms with Gasteiger partial charge in [0.15, 0.2) is 0 Å². The molecule has 7 N–H and O–H groups in total. The summed E-state index contributed by atoms with van der Waals surface area (Å²) < 4.78 is 5.49. The van der Waals surface area contributed by atoms with Crippen LogP contribution in [0.2, 0.25) is 0 Å². The number of ether oxygens (including phenoxy) is 1. The number of hydrogen-bond acceptors (Lipinski definition) is 8. The van der Waals surface area contributed by atoms with E-state index in [1.54, 1.807) is 7.05 Å². The molecule has 0 radical (unpaired) electrons. The average molecular weight is 544 g/mol. The summed E-state index contributed by atoms with van der Waals surface area (Å²) in [5, 5.41) is 26.6. The molecule has 0 aromatic heterocycles. The minimum absolute atomic E-state index is 0.164. The van der Waals surface area contributed by atoms with Crippen LogP contribution in [0, 0.1) is 5.92 Å². The second-order valence-corrected chi connectivity index (χ2v) is 9.81. The van der Waals surface area contributed by atoms with E-state index in [4.69, 9.17) is 10.5 Å². The SMILES string of the molecule is CN[C@H](CC(C)C)C(=O)N[C@@H](CC(=O)O)C(=O)N1CCC[C@H](OC)[C@@H]1CC(=O)N[C@@H](CCC(N)=O)C(=O)O. The van der Waals surface area contributed by atoms with Crippen molar-refractivity contribution in [3.63, 3.8) is 0 Å². The summed E-state index contributed by atoms with van der Waals surface area (Å²) in [4.78, 5) is 74.6. The first-order valence-corrected chi connectivity index (χ1v) is 12.6. The quantitative estimate of drug-likeness (QED) is 0.137. The number of amides is 4. The predicted octanol–water partition coefficient (Wildman–Crippen LogP) is -1.19. The van der Waals surface area contributed by atoms with Crippen LogP contribution in [0.3, 0.4) is 0 Å². The van der Waals surface area contributed by atoms with Crippen molar-refractivity contribution in [1.29, 1.82) is 0 Å². The van der Waals surface area contributed by atoms with E-state index in [1.165, 1.54) is 12.0 Å². The molecule has 1 fully saturated rings. The molecule has 1 aliphatic heterocycles. The first-order chi connectivity index (χ1) is 17.8. The maximum Gasteiger partial charge on any atom is 0.326 e. The molecule has 1 rings (SSSR count). The highest BCUT2D eigenvalue weighted by Crippen LogP contribution is 2.24. The summed E-state index contributed by atoms with van der Waals surface area (Å²) in [7, 11) is 3.01. The van der Waals surface area contributed by atoms with Gasteiger partial charge < -0.3 is 41.5 Å². The molecule has 0 unspecified atom stereocenters. The van der Waals surface area contributed by atoms with E-state index in [9.17, 15) is 39.0 Å². The highest BCUT2D eigenvalue weighted by Gasteiger charge is 2.40. The Labute approximate surface area is 222 Å². The lowest BCUT2D eigenvalue weighted by Crippen LogP contribution is -2.60. The fourth-order valence-corrected chi connectivity index (χ4v) is 4.47. The van der Waals surface area contributed by atoms with Crippen LogP contribution >= 0.6 is 0 Å². The van der Waals surface area contributed by atoms with Crippen molar-refractivity contribution < 1.29 is 43.7 Å². The third-order valence-electron chi connectivity index (χ3n) is 6.38. The number of carboxylic acid groups (broad SMARTS) is 2.